The fourth-order valence-corrected chi connectivity index (χ4v) is 3.12. The molecule has 0 bridgehead atoms. The van der Waals surface area contributed by atoms with Crippen LogP contribution in [0.4, 0.5) is 16.2 Å². The molecule has 1 aromatic carbocycles. The molecular weight excluding hydrogens is 250 g/mol. The molecule has 1 saturated heterocycles. The number of piperidine rings is 1. The van der Waals surface area contributed by atoms with Gasteiger partial charge in [-0.05, 0) is 49.3 Å². The average molecular weight is 273 g/mol. The summed E-state index contributed by atoms with van der Waals surface area (Å²) in [6.45, 7) is 4.98. The summed E-state index contributed by atoms with van der Waals surface area (Å²) in [6.07, 6.45) is 4.65. The normalized spacial score (nSPS) is 21.9. The number of amides is 2. The smallest absolute Gasteiger partial charge is 0.321 e. The second-order valence-electron chi connectivity index (χ2n) is 6.03. The van der Waals surface area contributed by atoms with Gasteiger partial charge < -0.3 is 15.5 Å². The van der Waals surface area contributed by atoms with Crippen molar-refractivity contribution in [1.29, 1.82) is 0 Å². The average Bonchev–Trinajstić information content (AvgIpc) is 2.47. The lowest BCUT2D eigenvalue weighted by molar-refractivity contribution is 0.182. The number of aryl methyl sites for hydroxylation is 1. The number of fused-ring (bicyclic) bond motifs is 1. The Kier molecular flexibility index (Phi) is 3.81. The van der Waals surface area contributed by atoms with Gasteiger partial charge in [-0.15, -0.1) is 0 Å². The molecule has 1 fully saturated rings. The van der Waals surface area contributed by atoms with Gasteiger partial charge in [-0.25, -0.2) is 4.79 Å². The lowest BCUT2D eigenvalue weighted by Gasteiger charge is -2.31. The van der Waals surface area contributed by atoms with Crippen molar-refractivity contribution in [1.82, 2.24) is 4.90 Å². The second kappa shape index (κ2) is 5.73. The van der Waals surface area contributed by atoms with Gasteiger partial charge >= 0.3 is 6.03 Å². The molecule has 20 heavy (non-hydrogen) atoms. The van der Waals surface area contributed by atoms with Crippen LogP contribution in [0.5, 0.6) is 0 Å². The summed E-state index contributed by atoms with van der Waals surface area (Å²) >= 11 is 0. The number of benzene rings is 1. The Labute approximate surface area is 120 Å². The third-order valence-electron chi connectivity index (χ3n) is 4.24. The highest BCUT2D eigenvalue weighted by molar-refractivity contribution is 5.90. The number of rotatable bonds is 1. The van der Waals surface area contributed by atoms with E-state index in [1.54, 1.807) is 0 Å². The van der Waals surface area contributed by atoms with Crippen LogP contribution in [0, 0.1) is 5.92 Å². The summed E-state index contributed by atoms with van der Waals surface area (Å²) in [7, 11) is 0. The minimum Gasteiger partial charge on any atom is -0.385 e. The summed E-state index contributed by atoms with van der Waals surface area (Å²) in [5, 5.41) is 6.43. The first-order valence-electron chi connectivity index (χ1n) is 7.65. The van der Waals surface area contributed by atoms with Crippen molar-refractivity contribution in [3.63, 3.8) is 0 Å². The Bertz CT molecular complexity index is 500. The minimum atomic E-state index is 0.0345. The molecule has 2 aliphatic rings. The number of anilines is 2. The first-order chi connectivity index (χ1) is 9.72. The summed E-state index contributed by atoms with van der Waals surface area (Å²) in [4.78, 5) is 14.2. The summed E-state index contributed by atoms with van der Waals surface area (Å²) < 4.78 is 0. The zero-order chi connectivity index (χ0) is 13.9. The van der Waals surface area contributed by atoms with Crippen LogP contribution in [-0.4, -0.2) is 30.6 Å². The van der Waals surface area contributed by atoms with Crippen LogP contribution in [0.3, 0.4) is 0 Å². The molecule has 1 unspecified atom stereocenters. The number of hydrogen-bond acceptors (Lipinski definition) is 2. The number of urea groups is 1. The molecule has 4 nitrogen and oxygen atoms in total. The number of hydrogen-bond donors (Lipinski definition) is 2. The molecule has 4 heteroatoms. The van der Waals surface area contributed by atoms with Crippen LogP contribution in [0.25, 0.3) is 0 Å². The van der Waals surface area contributed by atoms with Crippen LogP contribution in [0.2, 0.25) is 0 Å². The highest BCUT2D eigenvalue weighted by Gasteiger charge is 2.21. The fraction of sp³-hybridized carbons (Fsp3) is 0.562. The maximum absolute atomic E-state index is 12.3. The summed E-state index contributed by atoms with van der Waals surface area (Å²) in [6, 6.07) is 6.22. The monoisotopic (exact) mass is 273 g/mol. The first-order valence-corrected chi connectivity index (χ1v) is 7.65. The molecule has 2 aliphatic heterocycles. The van der Waals surface area contributed by atoms with E-state index < -0.39 is 0 Å². The Hall–Kier alpha value is -1.71. The Morgan fingerprint density at radius 3 is 3.15 bits per heavy atom. The van der Waals surface area contributed by atoms with Crippen molar-refractivity contribution in [2.75, 3.05) is 30.3 Å². The van der Waals surface area contributed by atoms with Crippen molar-refractivity contribution in [2.45, 2.75) is 32.6 Å². The zero-order valence-corrected chi connectivity index (χ0v) is 12.1. The first kappa shape index (κ1) is 13.3. The Morgan fingerprint density at radius 2 is 2.30 bits per heavy atom. The number of carbonyl (C=O) groups excluding carboxylic acids is 1. The van der Waals surface area contributed by atoms with Gasteiger partial charge in [0, 0.05) is 31.0 Å². The van der Waals surface area contributed by atoms with Gasteiger partial charge in [-0.2, -0.15) is 0 Å². The zero-order valence-electron chi connectivity index (χ0n) is 12.1. The summed E-state index contributed by atoms with van der Waals surface area (Å²) in [5.74, 6) is 0.611. The van der Waals surface area contributed by atoms with Crippen LogP contribution in [0.1, 0.15) is 31.7 Å². The number of nitrogens with one attached hydrogen (secondary N) is 2. The van der Waals surface area contributed by atoms with Crippen molar-refractivity contribution < 1.29 is 4.79 Å². The van der Waals surface area contributed by atoms with Crippen LogP contribution >= 0.6 is 0 Å². The Morgan fingerprint density at radius 1 is 1.40 bits per heavy atom. The molecule has 0 aliphatic carbocycles. The second-order valence-corrected chi connectivity index (χ2v) is 6.03. The lowest BCUT2D eigenvalue weighted by atomic mass is 10.0. The van der Waals surface area contributed by atoms with Gasteiger partial charge in [-0.1, -0.05) is 13.0 Å². The molecule has 108 valence electrons. The van der Waals surface area contributed by atoms with Gasteiger partial charge in [0.15, 0.2) is 0 Å². The van der Waals surface area contributed by atoms with E-state index in [0.717, 1.165) is 38.2 Å². The van der Waals surface area contributed by atoms with Crippen molar-refractivity contribution >= 4 is 17.4 Å². The van der Waals surface area contributed by atoms with E-state index in [1.165, 1.54) is 24.1 Å². The predicted octanol–water partition coefficient (Wildman–Crippen LogP) is 3.31. The molecule has 2 heterocycles. The van der Waals surface area contributed by atoms with E-state index in [0.29, 0.717) is 5.92 Å². The predicted molar refractivity (Wildman–Crippen MR) is 82.2 cm³/mol. The molecular formula is C16H23N3O. The molecule has 2 amide bonds. The van der Waals surface area contributed by atoms with E-state index in [-0.39, 0.29) is 6.03 Å². The highest BCUT2D eigenvalue weighted by atomic mass is 16.2. The molecule has 0 radical (unpaired) electrons. The van der Waals surface area contributed by atoms with Gasteiger partial charge in [0.2, 0.25) is 0 Å². The van der Waals surface area contributed by atoms with E-state index in [4.69, 9.17) is 0 Å². The maximum atomic E-state index is 12.3. The maximum Gasteiger partial charge on any atom is 0.321 e. The van der Waals surface area contributed by atoms with Crippen LogP contribution in [-0.2, 0) is 6.42 Å². The topological polar surface area (TPSA) is 44.4 Å². The SMILES string of the molecule is CC1CCCN(C(=O)Nc2ccc3c(c2)NCCC3)C1. The molecule has 3 rings (SSSR count). The molecule has 1 atom stereocenters. The van der Waals surface area contributed by atoms with E-state index >= 15 is 0 Å². The molecule has 0 aromatic heterocycles. The van der Waals surface area contributed by atoms with E-state index in [2.05, 4.69) is 29.7 Å². The van der Waals surface area contributed by atoms with Gasteiger partial charge in [0.1, 0.15) is 0 Å². The number of nitrogens with zero attached hydrogens (tertiary/aromatic N) is 1. The minimum absolute atomic E-state index is 0.0345. The molecule has 0 spiro atoms. The van der Waals surface area contributed by atoms with Crippen LogP contribution in [0.15, 0.2) is 18.2 Å². The highest BCUT2D eigenvalue weighted by Crippen LogP contribution is 2.26. The molecule has 2 N–H and O–H groups in total. The van der Waals surface area contributed by atoms with Crippen molar-refractivity contribution in [3.8, 4) is 0 Å². The van der Waals surface area contributed by atoms with E-state index in [9.17, 15) is 4.79 Å². The fourth-order valence-electron chi connectivity index (χ4n) is 3.12. The standard InChI is InChI=1S/C16H23N3O/c1-12-4-3-9-19(11-12)16(20)18-14-7-6-13-5-2-8-17-15(13)10-14/h6-7,10,12,17H,2-5,8-9,11H2,1H3,(H,18,20). The molecule has 1 aromatic rings. The summed E-state index contributed by atoms with van der Waals surface area (Å²) in [5.41, 5.74) is 3.41. The Balaban J connectivity index is 1.66. The van der Waals surface area contributed by atoms with E-state index in [1.807, 2.05) is 11.0 Å². The lowest BCUT2D eigenvalue weighted by Crippen LogP contribution is -2.41. The van der Waals surface area contributed by atoms with Crippen molar-refractivity contribution in [3.05, 3.63) is 23.8 Å². The molecule has 0 saturated carbocycles. The van der Waals surface area contributed by atoms with Gasteiger partial charge in [-0.3, -0.25) is 0 Å². The van der Waals surface area contributed by atoms with Gasteiger partial charge in [0.25, 0.3) is 0 Å². The number of likely N-dealkylation sites (tertiary alicyclic amines) is 1. The quantitative estimate of drug-likeness (QED) is 0.824. The third-order valence-corrected chi connectivity index (χ3v) is 4.24. The van der Waals surface area contributed by atoms with Crippen molar-refractivity contribution in [2.24, 2.45) is 5.92 Å². The third kappa shape index (κ3) is 2.89. The number of carbonyl (C=O) groups is 1. The van der Waals surface area contributed by atoms with Gasteiger partial charge in [0.05, 0.1) is 0 Å². The largest absolute Gasteiger partial charge is 0.385 e. The van der Waals surface area contributed by atoms with Crippen LogP contribution < -0.4 is 10.6 Å².